The quantitative estimate of drug-likeness (QED) is 0.786. The van der Waals surface area contributed by atoms with Gasteiger partial charge < -0.3 is 10.6 Å². The van der Waals surface area contributed by atoms with Crippen LogP contribution < -0.4 is 5.73 Å². The Bertz CT molecular complexity index is 322. The maximum Gasteiger partial charge on any atom is 0.0233 e. The van der Waals surface area contributed by atoms with Crippen molar-refractivity contribution in [2.45, 2.75) is 33.2 Å². The van der Waals surface area contributed by atoms with Gasteiger partial charge in [-0.05, 0) is 50.4 Å². The van der Waals surface area contributed by atoms with Crippen molar-refractivity contribution in [3.8, 4) is 0 Å². The Morgan fingerprint density at radius 2 is 2.00 bits per heavy atom. The van der Waals surface area contributed by atoms with E-state index in [1.165, 1.54) is 17.5 Å². The Morgan fingerprint density at radius 1 is 1.29 bits per heavy atom. The molecule has 2 nitrogen and oxygen atoms in total. The first kappa shape index (κ1) is 14.2. The number of rotatable bonds is 7. The van der Waals surface area contributed by atoms with Gasteiger partial charge in [-0.2, -0.15) is 0 Å². The van der Waals surface area contributed by atoms with Crippen molar-refractivity contribution in [3.63, 3.8) is 0 Å². The van der Waals surface area contributed by atoms with E-state index in [2.05, 4.69) is 50.1 Å². The molecule has 96 valence electrons. The molecular formula is C15H26N2. The van der Waals surface area contributed by atoms with Gasteiger partial charge in [-0.15, -0.1) is 0 Å². The van der Waals surface area contributed by atoms with Crippen molar-refractivity contribution >= 4 is 0 Å². The van der Waals surface area contributed by atoms with Gasteiger partial charge in [0.25, 0.3) is 0 Å². The minimum Gasteiger partial charge on any atom is -0.330 e. The molecule has 2 heteroatoms. The lowest BCUT2D eigenvalue weighted by Crippen LogP contribution is -2.24. The maximum atomic E-state index is 5.54. The fourth-order valence-corrected chi connectivity index (χ4v) is 2.23. The average molecular weight is 234 g/mol. The zero-order valence-electron chi connectivity index (χ0n) is 11.4. The minimum absolute atomic E-state index is 0.729. The van der Waals surface area contributed by atoms with Crippen molar-refractivity contribution in [2.75, 3.05) is 20.1 Å². The van der Waals surface area contributed by atoms with E-state index in [1.54, 1.807) is 0 Å². The lowest BCUT2D eigenvalue weighted by atomic mass is 10.0. The summed E-state index contributed by atoms with van der Waals surface area (Å²) in [6.45, 7) is 7.49. The molecule has 0 aromatic heterocycles. The summed E-state index contributed by atoms with van der Waals surface area (Å²) < 4.78 is 0. The fraction of sp³-hybridized carbons (Fsp3) is 0.600. The standard InChI is InChI=1S/C15H26N2/c1-13(7-6-10-16)11-17(3)12-15-9-5-4-8-14(15)2/h4-5,8-9,13H,6-7,10-12,16H2,1-3H3. The number of benzene rings is 1. The van der Waals surface area contributed by atoms with Crippen LogP contribution in [0.5, 0.6) is 0 Å². The smallest absolute Gasteiger partial charge is 0.0233 e. The summed E-state index contributed by atoms with van der Waals surface area (Å²) in [5.41, 5.74) is 8.35. The molecule has 1 rings (SSSR count). The lowest BCUT2D eigenvalue weighted by molar-refractivity contribution is 0.269. The third kappa shape index (κ3) is 5.33. The van der Waals surface area contributed by atoms with Crippen molar-refractivity contribution in [3.05, 3.63) is 35.4 Å². The molecule has 0 aliphatic rings. The summed E-state index contributed by atoms with van der Waals surface area (Å²) in [5.74, 6) is 0.729. The average Bonchev–Trinajstić information content (AvgIpc) is 2.29. The van der Waals surface area contributed by atoms with E-state index in [9.17, 15) is 0 Å². The van der Waals surface area contributed by atoms with E-state index in [0.29, 0.717) is 0 Å². The highest BCUT2D eigenvalue weighted by Crippen LogP contribution is 2.12. The number of nitrogens with zero attached hydrogens (tertiary/aromatic N) is 1. The predicted molar refractivity (Wildman–Crippen MR) is 75.0 cm³/mol. The molecule has 0 amide bonds. The number of aryl methyl sites for hydroxylation is 1. The third-order valence-electron chi connectivity index (χ3n) is 3.23. The lowest BCUT2D eigenvalue weighted by Gasteiger charge is -2.22. The first-order valence-corrected chi connectivity index (χ1v) is 6.56. The molecule has 0 bridgehead atoms. The highest BCUT2D eigenvalue weighted by molar-refractivity contribution is 5.25. The molecule has 0 radical (unpaired) electrons. The molecule has 1 unspecified atom stereocenters. The zero-order valence-corrected chi connectivity index (χ0v) is 11.4. The molecule has 0 fully saturated rings. The molecule has 0 aliphatic carbocycles. The monoisotopic (exact) mass is 234 g/mol. The Morgan fingerprint density at radius 3 is 2.65 bits per heavy atom. The Hall–Kier alpha value is -0.860. The van der Waals surface area contributed by atoms with E-state index in [4.69, 9.17) is 5.73 Å². The molecule has 0 aliphatic heterocycles. The number of hydrogen-bond acceptors (Lipinski definition) is 2. The molecular weight excluding hydrogens is 208 g/mol. The maximum absolute atomic E-state index is 5.54. The summed E-state index contributed by atoms with van der Waals surface area (Å²) in [4.78, 5) is 2.41. The van der Waals surface area contributed by atoms with Crippen LogP contribution in [0.1, 0.15) is 30.9 Å². The van der Waals surface area contributed by atoms with Crippen LogP contribution in [0.25, 0.3) is 0 Å². The predicted octanol–water partition coefficient (Wildman–Crippen LogP) is 2.80. The van der Waals surface area contributed by atoms with Crippen LogP contribution in [-0.4, -0.2) is 25.0 Å². The largest absolute Gasteiger partial charge is 0.330 e. The number of nitrogens with two attached hydrogens (primary N) is 1. The van der Waals surface area contributed by atoms with Crippen LogP contribution >= 0.6 is 0 Å². The van der Waals surface area contributed by atoms with E-state index in [-0.39, 0.29) is 0 Å². The SMILES string of the molecule is Cc1ccccc1CN(C)CC(C)CCCN. The fourth-order valence-electron chi connectivity index (χ4n) is 2.23. The molecule has 1 aromatic rings. The van der Waals surface area contributed by atoms with Crippen LogP contribution in [-0.2, 0) is 6.54 Å². The molecule has 2 N–H and O–H groups in total. The second-order valence-corrected chi connectivity index (χ2v) is 5.16. The van der Waals surface area contributed by atoms with Gasteiger partial charge in [-0.3, -0.25) is 0 Å². The molecule has 0 saturated heterocycles. The Labute approximate surface area is 106 Å². The Balaban J connectivity index is 2.39. The second-order valence-electron chi connectivity index (χ2n) is 5.16. The van der Waals surface area contributed by atoms with Gasteiger partial charge in [0.15, 0.2) is 0 Å². The van der Waals surface area contributed by atoms with E-state index >= 15 is 0 Å². The van der Waals surface area contributed by atoms with Gasteiger partial charge in [0.1, 0.15) is 0 Å². The first-order chi connectivity index (χ1) is 8.13. The summed E-state index contributed by atoms with van der Waals surface area (Å²) in [6, 6.07) is 8.62. The molecule has 1 atom stereocenters. The molecule has 1 aromatic carbocycles. The van der Waals surface area contributed by atoms with Crippen LogP contribution in [0.4, 0.5) is 0 Å². The highest BCUT2D eigenvalue weighted by atomic mass is 15.1. The van der Waals surface area contributed by atoms with Crippen LogP contribution in [0.15, 0.2) is 24.3 Å². The van der Waals surface area contributed by atoms with Crippen molar-refractivity contribution in [1.82, 2.24) is 4.90 Å². The van der Waals surface area contributed by atoms with Crippen LogP contribution in [0, 0.1) is 12.8 Å². The second kappa shape index (κ2) is 7.46. The Kier molecular flexibility index (Phi) is 6.23. The van der Waals surface area contributed by atoms with Gasteiger partial charge in [0.2, 0.25) is 0 Å². The molecule has 0 saturated carbocycles. The third-order valence-corrected chi connectivity index (χ3v) is 3.23. The van der Waals surface area contributed by atoms with Gasteiger partial charge in [-0.1, -0.05) is 31.2 Å². The first-order valence-electron chi connectivity index (χ1n) is 6.56. The number of hydrogen-bond donors (Lipinski definition) is 1. The van der Waals surface area contributed by atoms with Crippen LogP contribution in [0.3, 0.4) is 0 Å². The van der Waals surface area contributed by atoms with E-state index < -0.39 is 0 Å². The summed E-state index contributed by atoms with van der Waals surface area (Å²) >= 11 is 0. The molecule has 0 heterocycles. The zero-order chi connectivity index (χ0) is 12.7. The van der Waals surface area contributed by atoms with Crippen molar-refractivity contribution < 1.29 is 0 Å². The van der Waals surface area contributed by atoms with Crippen molar-refractivity contribution in [1.29, 1.82) is 0 Å². The van der Waals surface area contributed by atoms with Gasteiger partial charge in [0, 0.05) is 13.1 Å². The van der Waals surface area contributed by atoms with Gasteiger partial charge in [-0.25, -0.2) is 0 Å². The van der Waals surface area contributed by atoms with E-state index in [1.807, 2.05) is 0 Å². The van der Waals surface area contributed by atoms with Gasteiger partial charge >= 0.3 is 0 Å². The normalized spacial score (nSPS) is 13.0. The molecule has 17 heavy (non-hydrogen) atoms. The van der Waals surface area contributed by atoms with E-state index in [0.717, 1.165) is 32.0 Å². The summed E-state index contributed by atoms with van der Waals surface area (Å²) in [7, 11) is 2.20. The topological polar surface area (TPSA) is 29.3 Å². The summed E-state index contributed by atoms with van der Waals surface area (Å²) in [6.07, 6.45) is 2.37. The van der Waals surface area contributed by atoms with Crippen LogP contribution in [0.2, 0.25) is 0 Å². The highest BCUT2D eigenvalue weighted by Gasteiger charge is 2.07. The minimum atomic E-state index is 0.729. The molecule has 0 spiro atoms. The van der Waals surface area contributed by atoms with Crippen molar-refractivity contribution in [2.24, 2.45) is 11.7 Å². The van der Waals surface area contributed by atoms with Gasteiger partial charge in [0.05, 0.1) is 0 Å². The summed E-state index contributed by atoms with van der Waals surface area (Å²) in [5, 5.41) is 0.